The second-order valence-electron chi connectivity index (χ2n) is 7.10. The van der Waals surface area contributed by atoms with Gasteiger partial charge in [0.05, 0.1) is 0 Å². The van der Waals surface area contributed by atoms with Gasteiger partial charge in [-0.2, -0.15) is 0 Å². The number of aryl methyl sites for hydroxylation is 2. The largest absolute Gasteiger partial charge is 0.506 e. The van der Waals surface area contributed by atoms with Crippen LogP contribution in [0.5, 0.6) is 11.5 Å². The lowest BCUT2D eigenvalue weighted by Gasteiger charge is -2.15. The van der Waals surface area contributed by atoms with E-state index in [9.17, 15) is 18.7 Å². The molecular formula is C23H21F2NO4. The van der Waals surface area contributed by atoms with Crippen molar-refractivity contribution in [3.63, 3.8) is 0 Å². The van der Waals surface area contributed by atoms with Crippen molar-refractivity contribution in [3.8, 4) is 22.8 Å². The van der Waals surface area contributed by atoms with Crippen molar-refractivity contribution in [2.24, 2.45) is 0 Å². The maximum Gasteiger partial charge on any atom is 0.341 e. The number of rotatable bonds is 6. The number of halogens is 2. The molecule has 5 nitrogen and oxygen atoms in total. The van der Waals surface area contributed by atoms with Gasteiger partial charge in [-0.1, -0.05) is 0 Å². The summed E-state index contributed by atoms with van der Waals surface area (Å²) in [5, 5.41) is 19.0. The number of benzene rings is 2. The van der Waals surface area contributed by atoms with E-state index >= 15 is 0 Å². The molecular weight excluding hydrogens is 392 g/mol. The van der Waals surface area contributed by atoms with Gasteiger partial charge in [0.2, 0.25) is 0 Å². The molecule has 0 radical (unpaired) electrons. The van der Waals surface area contributed by atoms with Gasteiger partial charge >= 0.3 is 5.97 Å². The summed E-state index contributed by atoms with van der Waals surface area (Å²) in [4.78, 5) is 15.2. The Balaban J connectivity index is 1.96. The molecule has 156 valence electrons. The number of ether oxygens (including phenoxy) is 1. The Hall–Kier alpha value is -3.48. The van der Waals surface area contributed by atoms with Crippen molar-refractivity contribution in [3.05, 3.63) is 76.0 Å². The lowest BCUT2D eigenvalue weighted by atomic mass is 9.96. The molecule has 30 heavy (non-hydrogen) atoms. The molecule has 1 heterocycles. The van der Waals surface area contributed by atoms with Crippen LogP contribution in [0.15, 0.2) is 36.4 Å². The summed E-state index contributed by atoms with van der Waals surface area (Å²) in [5.41, 5.74) is 3.67. The Morgan fingerprint density at radius 3 is 2.47 bits per heavy atom. The van der Waals surface area contributed by atoms with E-state index in [1.165, 1.54) is 18.2 Å². The van der Waals surface area contributed by atoms with Crippen LogP contribution in [0.1, 0.15) is 27.9 Å². The van der Waals surface area contributed by atoms with Gasteiger partial charge in [-0.15, -0.1) is 0 Å². The van der Waals surface area contributed by atoms with Gasteiger partial charge < -0.3 is 14.9 Å². The van der Waals surface area contributed by atoms with Crippen molar-refractivity contribution in [2.75, 3.05) is 6.61 Å². The summed E-state index contributed by atoms with van der Waals surface area (Å²) in [5.74, 6) is -2.31. The quantitative estimate of drug-likeness (QED) is 0.612. The van der Waals surface area contributed by atoms with E-state index in [2.05, 4.69) is 4.98 Å². The molecule has 0 spiro atoms. The monoisotopic (exact) mass is 413 g/mol. The summed E-state index contributed by atoms with van der Waals surface area (Å²) in [7, 11) is 0. The number of aliphatic carboxylic acids is 1. The molecule has 0 aliphatic rings. The highest BCUT2D eigenvalue weighted by atomic mass is 19.1. The van der Waals surface area contributed by atoms with Crippen LogP contribution in [-0.2, 0) is 11.2 Å². The lowest BCUT2D eigenvalue weighted by Crippen LogP contribution is -2.11. The summed E-state index contributed by atoms with van der Waals surface area (Å²) >= 11 is 0. The number of nitrogens with zero attached hydrogens (tertiary/aromatic N) is 1. The zero-order chi connectivity index (χ0) is 22.0. The summed E-state index contributed by atoms with van der Waals surface area (Å²) in [6, 6.07) is 9.07. The number of hydrogen-bond acceptors (Lipinski definition) is 4. The molecule has 0 amide bonds. The number of carboxylic acid groups (broad SMARTS) is 1. The van der Waals surface area contributed by atoms with Crippen LogP contribution >= 0.6 is 0 Å². The molecule has 0 aliphatic heterocycles. The molecule has 0 fully saturated rings. The van der Waals surface area contributed by atoms with E-state index in [4.69, 9.17) is 9.84 Å². The third-order valence-electron chi connectivity index (χ3n) is 4.89. The second-order valence-corrected chi connectivity index (χ2v) is 7.10. The van der Waals surface area contributed by atoms with Crippen LogP contribution in [-0.4, -0.2) is 27.8 Å². The van der Waals surface area contributed by atoms with Gasteiger partial charge in [-0.3, -0.25) is 0 Å². The molecule has 3 aromatic rings. The molecule has 2 N–H and O–H groups in total. The first kappa shape index (κ1) is 21.2. The standard InChI is InChI=1S/C23H21F2NO4/c1-12-9-20(30-11-21(28)29)22(25)14(3)17(12)10-16-5-7-19(27)23(26-16)15-4-6-18(24)13(2)8-15/h4-9,27H,10-11H2,1-3H3,(H,28,29). The number of carbonyl (C=O) groups is 1. The molecule has 0 aliphatic carbocycles. The topological polar surface area (TPSA) is 79.7 Å². The SMILES string of the molecule is Cc1cc(-c2nc(Cc3c(C)cc(OCC(=O)O)c(F)c3C)ccc2O)ccc1F. The van der Waals surface area contributed by atoms with Crippen LogP contribution in [0.4, 0.5) is 8.78 Å². The Labute approximate surface area is 172 Å². The summed E-state index contributed by atoms with van der Waals surface area (Å²) in [6.07, 6.45) is 0.293. The third kappa shape index (κ3) is 4.40. The van der Waals surface area contributed by atoms with Gasteiger partial charge in [0.15, 0.2) is 18.2 Å². The lowest BCUT2D eigenvalue weighted by molar-refractivity contribution is -0.139. The van der Waals surface area contributed by atoms with E-state index in [-0.39, 0.29) is 17.3 Å². The summed E-state index contributed by atoms with van der Waals surface area (Å²) < 4.78 is 33.3. The molecule has 7 heteroatoms. The number of aromatic hydroxyl groups is 1. The third-order valence-corrected chi connectivity index (χ3v) is 4.89. The molecule has 0 atom stereocenters. The Morgan fingerprint density at radius 2 is 1.80 bits per heavy atom. The van der Waals surface area contributed by atoms with Crippen molar-refractivity contribution in [2.45, 2.75) is 27.2 Å². The maximum atomic E-state index is 14.7. The minimum absolute atomic E-state index is 0.0400. The molecule has 3 rings (SSSR count). The minimum atomic E-state index is -1.19. The fourth-order valence-electron chi connectivity index (χ4n) is 3.25. The van der Waals surface area contributed by atoms with E-state index in [1.54, 1.807) is 39.0 Å². The van der Waals surface area contributed by atoms with E-state index in [0.717, 1.165) is 5.56 Å². The zero-order valence-electron chi connectivity index (χ0n) is 16.8. The predicted octanol–water partition coefficient (Wildman–Crippen LogP) is 4.71. The minimum Gasteiger partial charge on any atom is -0.506 e. The van der Waals surface area contributed by atoms with Gasteiger partial charge in [0, 0.05) is 17.7 Å². The first-order chi connectivity index (χ1) is 14.2. The van der Waals surface area contributed by atoms with Gasteiger partial charge in [0.25, 0.3) is 0 Å². The molecule has 0 unspecified atom stereocenters. The maximum absolute atomic E-state index is 14.7. The van der Waals surface area contributed by atoms with Crippen LogP contribution in [0.3, 0.4) is 0 Å². The van der Waals surface area contributed by atoms with Gasteiger partial charge in [0.1, 0.15) is 17.3 Å². The van der Waals surface area contributed by atoms with Crippen molar-refractivity contribution in [1.29, 1.82) is 0 Å². The number of pyridine rings is 1. The second kappa shape index (κ2) is 8.49. The van der Waals surface area contributed by atoms with Crippen LogP contribution in [0, 0.1) is 32.4 Å². The van der Waals surface area contributed by atoms with Crippen molar-refractivity contribution in [1.82, 2.24) is 4.98 Å². The highest BCUT2D eigenvalue weighted by Gasteiger charge is 2.17. The van der Waals surface area contributed by atoms with E-state index in [0.29, 0.717) is 40.1 Å². The van der Waals surface area contributed by atoms with Crippen LogP contribution < -0.4 is 4.74 Å². The molecule has 0 bridgehead atoms. The Morgan fingerprint density at radius 1 is 1.07 bits per heavy atom. The number of hydrogen-bond donors (Lipinski definition) is 2. The number of carboxylic acids is 1. The highest BCUT2D eigenvalue weighted by Crippen LogP contribution is 2.31. The van der Waals surface area contributed by atoms with Crippen LogP contribution in [0.2, 0.25) is 0 Å². The molecule has 0 saturated carbocycles. The normalized spacial score (nSPS) is 10.8. The Kier molecular flexibility index (Phi) is 6.01. The predicted molar refractivity (Wildman–Crippen MR) is 108 cm³/mol. The average molecular weight is 413 g/mol. The van der Waals surface area contributed by atoms with E-state index < -0.39 is 18.4 Å². The average Bonchev–Trinajstić information content (AvgIpc) is 2.70. The molecule has 0 saturated heterocycles. The Bertz CT molecular complexity index is 1130. The number of aromatic nitrogens is 1. The first-order valence-electron chi connectivity index (χ1n) is 9.26. The fraction of sp³-hybridized carbons (Fsp3) is 0.217. The van der Waals surface area contributed by atoms with Crippen LogP contribution in [0.25, 0.3) is 11.3 Å². The first-order valence-corrected chi connectivity index (χ1v) is 9.26. The van der Waals surface area contributed by atoms with Crippen molar-refractivity contribution < 1.29 is 28.5 Å². The fourth-order valence-corrected chi connectivity index (χ4v) is 3.25. The summed E-state index contributed by atoms with van der Waals surface area (Å²) in [6.45, 7) is 4.37. The zero-order valence-corrected chi connectivity index (χ0v) is 16.8. The van der Waals surface area contributed by atoms with Gasteiger partial charge in [-0.25, -0.2) is 18.6 Å². The van der Waals surface area contributed by atoms with E-state index in [1.807, 2.05) is 0 Å². The molecule has 1 aromatic heterocycles. The smallest absolute Gasteiger partial charge is 0.341 e. The molecule has 2 aromatic carbocycles. The van der Waals surface area contributed by atoms with Crippen molar-refractivity contribution >= 4 is 5.97 Å². The highest BCUT2D eigenvalue weighted by molar-refractivity contribution is 5.68. The van der Waals surface area contributed by atoms with Gasteiger partial charge in [-0.05, 0) is 79.4 Å².